The first-order chi connectivity index (χ1) is 8.52. The number of nitrogens with zero attached hydrogens (tertiary/aromatic N) is 1. The van der Waals surface area contributed by atoms with Gasteiger partial charge in [0.25, 0.3) is 0 Å². The van der Waals surface area contributed by atoms with Crippen LogP contribution in [0.4, 0.5) is 5.69 Å². The van der Waals surface area contributed by atoms with E-state index in [0.717, 1.165) is 24.1 Å². The van der Waals surface area contributed by atoms with Gasteiger partial charge in [0.05, 0.1) is 0 Å². The molecule has 0 saturated carbocycles. The van der Waals surface area contributed by atoms with E-state index in [1.54, 1.807) is 0 Å². The third-order valence-corrected chi connectivity index (χ3v) is 4.97. The molecule has 1 N–H and O–H groups in total. The highest BCUT2D eigenvalue weighted by atomic mass is 79.9. The molecule has 1 heterocycles. The molecule has 4 heteroatoms. The molecule has 2 nitrogen and oxygen atoms in total. The molecule has 0 unspecified atom stereocenters. The highest BCUT2D eigenvalue weighted by molar-refractivity contribution is 9.10. The van der Waals surface area contributed by atoms with Crippen molar-refractivity contribution >= 4 is 33.4 Å². The molecule has 1 aliphatic heterocycles. The summed E-state index contributed by atoms with van der Waals surface area (Å²) in [5, 5.41) is 3.26. The fraction of sp³-hybridized carbons (Fsp3) is 0.571. The Balaban J connectivity index is 2.26. The van der Waals surface area contributed by atoms with Crippen molar-refractivity contribution in [2.24, 2.45) is 0 Å². The van der Waals surface area contributed by atoms with Gasteiger partial charge < -0.3 is 10.2 Å². The standard InChI is InChI=1S/C14H21BrN2S/c1-14(2)10-17(6-7-18-14)13-5-4-12(15)8-11(13)9-16-3/h4-5,8,16H,6-7,9-10H2,1-3H3. The van der Waals surface area contributed by atoms with Crippen LogP contribution in [-0.4, -0.2) is 30.6 Å². The largest absolute Gasteiger partial charge is 0.369 e. The maximum absolute atomic E-state index is 3.56. The molecular weight excluding hydrogens is 308 g/mol. The molecule has 1 aliphatic rings. The summed E-state index contributed by atoms with van der Waals surface area (Å²) in [7, 11) is 2.00. The smallest absolute Gasteiger partial charge is 0.0413 e. The molecule has 0 amide bonds. The van der Waals surface area contributed by atoms with E-state index >= 15 is 0 Å². The first-order valence-corrected chi connectivity index (χ1v) is 8.12. The SMILES string of the molecule is CNCc1cc(Br)ccc1N1CCSC(C)(C)C1. The Kier molecular flexibility index (Phi) is 4.62. The van der Waals surface area contributed by atoms with Crippen LogP contribution in [0.3, 0.4) is 0 Å². The topological polar surface area (TPSA) is 15.3 Å². The molecule has 0 aliphatic carbocycles. The average Bonchev–Trinajstić information content (AvgIpc) is 2.28. The van der Waals surface area contributed by atoms with E-state index in [9.17, 15) is 0 Å². The van der Waals surface area contributed by atoms with Gasteiger partial charge in [-0.15, -0.1) is 0 Å². The molecule has 0 bridgehead atoms. The van der Waals surface area contributed by atoms with Gasteiger partial charge in [0, 0.05) is 40.3 Å². The number of hydrogen-bond donors (Lipinski definition) is 1. The molecule has 2 rings (SSSR count). The van der Waals surface area contributed by atoms with Gasteiger partial charge in [0.2, 0.25) is 0 Å². The summed E-state index contributed by atoms with van der Waals surface area (Å²) in [6.07, 6.45) is 0. The summed E-state index contributed by atoms with van der Waals surface area (Å²) in [5.41, 5.74) is 2.75. The second-order valence-electron chi connectivity index (χ2n) is 5.33. The molecular formula is C14H21BrN2S. The highest BCUT2D eigenvalue weighted by Crippen LogP contribution is 2.34. The Labute approximate surface area is 123 Å². The van der Waals surface area contributed by atoms with E-state index in [4.69, 9.17) is 0 Å². The molecule has 100 valence electrons. The Hall–Kier alpha value is -0.190. The van der Waals surface area contributed by atoms with Crippen LogP contribution in [0.25, 0.3) is 0 Å². The van der Waals surface area contributed by atoms with E-state index in [-0.39, 0.29) is 0 Å². The number of anilines is 1. The Bertz CT molecular complexity index is 420. The van der Waals surface area contributed by atoms with Crippen molar-refractivity contribution in [3.63, 3.8) is 0 Å². The minimum Gasteiger partial charge on any atom is -0.369 e. The first-order valence-electron chi connectivity index (χ1n) is 6.34. The summed E-state index contributed by atoms with van der Waals surface area (Å²) in [5.74, 6) is 1.21. The Morgan fingerprint density at radius 2 is 2.22 bits per heavy atom. The van der Waals surface area contributed by atoms with Gasteiger partial charge in [-0.3, -0.25) is 0 Å². The van der Waals surface area contributed by atoms with Crippen LogP contribution in [0.5, 0.6) is 0 Å². The summed E-state index contributed by atoms with van der Waals surface area (Å²) >= 11 is 5.64. The lowest BCUT2D eigenvalue weighted by Crippen LogP contribution is -2.43. The number of benzene rings is 1. The number of hydrogen-bond acceptors (Lipinski definition) is 3. The summed E-state index contributed by atoms with van der Waals surface area (Å²) < 4.78 is 1.50. The van der Waals surface area contributed by atoms with Crippen molar-refractivity contribution in [2.45, 2.75) is 25.1 Å². The Morgan fingerprint density at radius 3 is 2.89 bits per heavy atom. The summed E-state index contributed by atoms with van der Waals surface area (Å²) in [6.45, 7) is 7.85. The monoisotopic (exact) mass is 328 g/mol. The van der Waals surface area contributed by atoms with Crippen LogP contribution >= 0.6 is 27.7 Å². The summed E-state index contributed by atoms with van der Waals surface area (Å²) in [6, 6.07) is 6.60. The van der Waals surface area contributed by atoms with Crippen LogP contribution in [-0.2, 0) is 6.54 Å². The second kappa shape index (κ2) is 5.85. The van der Waals surface area contributed by atoms with E-state index in [0.29, 0.717) is 4.75 Å². The average molecular weight is 329 g/mol. The number of thioether (sulfide) groups is 1. The molecule has 1 aromatic rings. The number of halogens is 1. The lowest BCUT2D eigenvalue weighted by Gasteiger charge is -2.39. The van der Waals surface area contributed by atoms with Gasteiger partial charge in [-0.1, -0.05) is 15.9 Å². The minimum absolute atomic E-state index is 0.349. The van der Waals surface area contributed by atoms with Gasteiger partial charge in [-0.25, -0.2) is 0 Å². The van der Waals surface area contributed by atoms with Gasteiger partial charge in [0.15, 0.2) is 0 Å². The lowest BCUT2D eigenvalue weighted by atomic mass is 10.1. The number of rotatable bonds is 3. The summed E-state index contributed by atoms with van der Waals surface area (Å²) in [4.78, 5) is 2.52. The lowest BCUT2D eigenvalue weighted by molar-refractivity contribution is 0.644. The zero-order valence-electron chi connectivity index (χ0n) is 11.3. The normalized spacial score (nSPS) is 19.0. The fourth-order valence-electron chi connectivity index (χ4n) is 2.42. The first kappa shape index (κ1) is 14.2. The zero-order valence-corrected chi connectivity index (χ0v) is 13.7. The molecule has 1 saturated heterocycles. The van der Waals surface area contributed by atoms with Gasteiger partial charge in [-0.2, -0.15) is 11.8 Å². The van der Waals surface area contributed by atoms with Crippen molar-refractivity contribution in [1.29, 1.82) is 0 Å². The van der Waals surface area contributed by atoms with Crippen LogP contribution in [0.15, 0.2) is 22.7 Å². The van der Waals surface area contributed by atoms with E-state index in [1.165, 1.54) is 17.0 Å². The van der Waals surface area contributed by atoms with Crippen LogP contribution in [0.1, 0.15) is 19.4 Å². The molecule has 0 aromatic heterocycles. The van der Waals surface area contributed by atoms with Gasteiger partial charge in [-0.05, 0) is 44.7 Å². The van der Waals surface area contributed by atoms with Crippen molar-refractivity contribution in [3.8, 4) is 0 Å². The van der Waals surface area contributed by atoms with Crippen molar-refractivity contribution in [1.82, 2.24) is 5.32 Å². The third-order valence-electron chi connectivity index (χ3n) is 3.18. The van der Waals surface area contributed by atoms with Gasteiger partial charge >= 0.3 is 0 Å². The minimum atomic E-state index is 0.349. The van der Waals surface area contributed by atoms with E-state index in [1.807, 2.05) is 7.05 Å². The number of nitrogens with one attached hydrogen (secondary N) is 1. The van der Waals surface area contributed by atoms with Crippen LogP contribution in [0.2, 0.25) is 0 Å². The maximum atomic E-state index is 3.56. The molecule has 18 heavy (non-hydrogen) atoms. The van der Waals surface area contributed by atoms with Gasteiger partial charge in [0.1, 0.15) is 0 Å². The second-order valence-corrected chi connectivity index (χ2v) is 8.05. The van der Waals surface area contributed by atoms with Crippen LogP contribution in [0, 0.1) is 0 Å². The van der Waals surface area contributed by atoms with Crippen molar-refractivity contribution < 1.29 is 0 Å². The van der Waals surface area contributed by atoms with E-state index in [2.05, 4.69) is 70.0 Å². The van der Waals surface area contributed by atoms with Crippen molar-refractivity contribution in [3.05, 3.63) is 28.2 Å². The zero-order chi connectivity index (χ0) is 13.2. The predicted octanol–water partition coefficient (Wildman–Crippen LogP) is 3.50. The highest BCUT2D eigenvalue weighted by Gasteiger charge is 2.27. The quantitative estimate of drug-likeness (QED) is 0.914. The van der Waals surface area contributed by atoms with Crippen LogP contribution < -0.4 is 10.2 Å². The molecule has 0 spiro atoms. The third kappa shape index (κ3) is 3.43. The fourth-order valence-corrected chi connectivity index (χ4v) is 3.94. The Morgan fingerprint density at radius 1 is 1.44 bits per heavy atom. The predicted molar refractivity (Wildman–Crippen MR) is 85.7 cm³/mol. The molecule has 0 radical (unpaired) electrons. The molecule has 0 atom stereocenters. The maximum Gasteiger partial charge on any atom is 0.0413 e. The van der Waals surface area contributed by atoms with Crippen molar-refractivity contribution in [2.75, 3.05) is 30.8 Å². The molecule has 1 aromatic carbocycles. The van der Waals surface area contributed by atoms with E-state index < -0.39 is 0 Å². The molecule has 1 fully saturated rings.